The van der Waals surface area contributed by atoms with Crippen molar-refractivity contribution >= 4 is 0 Å². The van der Waals surface area contributed by atoms with Gasteiger partial charge in [-0.25, -0.2) is 4.68 Å². The zero-order chi connectivity index (χ0) is 19.6. The van der Waals surface area contributed by atoms with Crippen molar-refractivity contribution in [2.24, 2.45) is 0 Å². The molecule has 3 aromatic rings. The van der Waals surface area contributed by atoms with Crippen molar-refractivity contribution in [1.82, 2.24) is 19.7 Å². The van der Waals surface area contributed by atoms with Crippen molar-refractivity contribution in [2.75, 3.05) is 20.2 Å². The summed E-state index contributed by atoms with van der Waals surface area (Å²) in [5.41, 5.74) is 3.13. The van der Waals surface area contributed by atoms with Gasteiger partial charge in [0.15, 0.2) is 0 Å². The van der Waals surface area contributed by atoms with Crippen molar-refractivity contribution in [2.45, 2.75) is 31.9 Å². The maximum absolute atomic E-state index is 11.0. The molecule has 146 valence electrons. The van der Waals surface area contributed by atoms with Gasteiger partial charge < -0.3 is 9.84 Å². The molecular formula is C22H26N4O2. The molecule has 1 aliphatic rings. The van der Waals surface area contributed by atoms with Gasteiger partial charge in [0.1, 0.15) is 17.0 Å². The third-order valence-corrected chi connectivity index (χ3v) is 5.45. The van der Waals surface area contributed by atoms with E-state index in [4.69, 9.17) is 4.74 Å². The molecule has 0 atom stereocenters. The van der Waals surface area contributed by atoms with Gasteiger partial charge in [0.05, 0.1) is 19.0 Å². The average molecular weight is 378 g/mol. The number of ether oxygens (including phenoxy) is 1. The zero-order valence-corrected chi connectivity index (χ0v) is 16.4. The van der Waals surface area contributed by atoms with Gasteiger partial charge in [-0.1, -0.05) is 18.2 Å². The fraction of sp³-hybridized carbons (Fsp3) is 0.364. The van der Waals surface area contributed by atoms with E-state index in [-0.39, 0.29) is 0 Å². The van der Waals surface area contributed by atoms with Crippen LogP contribution >= 0.6 is 0 Å². The highest BCUT2D eigenvalue weighted by molar-refractivity contribution is 5.46. The van der Waals surface area contributed by atoms with Gasteiger partial charge in [-0.05, 0) is 43.5 Å². The highest BCUT2D eigenvalue weighted by atomic mass is 16.5. The van der Waals surface area contributed by atoms with E-state index in [9.17, 15) is 5.11 Å². The van der Waals surface area contributed by atoms with Gasteiger partial charge >= 0.3 is 0 Å². The molecular weight excluding hydrogens is 352 g/mol. The van der Waals surface area contributed by atoms with E-state index in [0.717, 1.165) is 47.9 Å². The predicted molar refractivity (Wildman–Crippen MR) is 107 cm³/mol. The number of benzene rings is 1. The first-order chi connectivity index (χ1) is 13.6. The summed E-state index contributed by atoms with van der Waals surface area (Å²) in [7, 11) is 1.67. The van der Waals surface area contributed by atoms with E-state index < -0.39 is 5.60 Å². The van der Waals surface area contributed by atoms with Crippen LogP contribution in [0.3, 0.4) is 0 Å². The minimum Gasteiger partial charge on any atom is -0.494 e. The number of methoxy groups -OCH3 is 1. The molecule has 0 amide bonds. The summed E-state index contributed by atoms with van der Waals surface area (Å²) in [6.07, 6.45) is 7.13. The molecule has 0 radical (unpaired) electrons. The molecule has 2 aromatic heterocycles. The van der Waals surface area contributed by atoms with Gasteiger partial charge in [-0.15, -0.1) is 0 Å². The highest BCUT2D eigenvalue weighted by Crippen LogP contribution is 2.32. The second kappa shape index (κ2) is 7.73. The van der Waals surface area contributed by atoms with Crippen LogP contribution in [0.25, 0.3) is 5.69 Å². The topological polar surface area (TPSA) is 63.4 Å². The number of pyridine rings is 1. The van der Waals surface area contributed by atoms with Gasteiger partial charge in [0.2, 0.25) is 0 Å². The highest BCUT2D eigenvalue weighted by Gasteiger charge is 2.35. The summed E-state index contributed by atoms with van der Waals surface area (Å²) in [5, 5.41) is 15.5. The smallest absolute Gasteiger partial charge is 0.144 e. The van der Waals surface area contributed by atoms with Crippen molar-refractivity contribution in [3.05, 3.63) is 71.8 Å². The first kappa shape index (κ1) is 18.7. The molecule has 0 spiro atoms. The molecule has 3 heterocycles. The van der Waals surface area contributed by atoms with Crippen molar-refractivity contribution in [3.8, 4) is 11.4 Å². The number of rotatable bonds is 5. The normalized spacial score (nSPS) is 16.8. The predicted octanol–water partition coefficient (Wildman–Crippen LogP) is 3.07. The molecule has 0 saturated carbocycles. The minimum atomic E-state index is -0.828. The number of aryl methyl sites for hydroxylation is 1. The number of nitrogens with zero attached hydrogens (tertiary/aromatic N) is 4. The molecule has 1 saturated heterocycles. The van der Waals surface area contributed by atoms with Gasteiger partial charge in [-0.2, -0.15) is 5.10 Å². The largest absolute Gasteiger partial charge is 0.494 e. The van der Waals surface area contributed by atoms with Crippen molar-refractivity contribution in [1.29, 1.82) is 0 Å². The second-order valence-electron chi connectivity index (χ2n) is 7.49. The Labute approximate surface area is 165 Å². The molecule has 1 fully saturated rings. The average Bonchev–Trinajstić information content (AvgIpc) is 3.18. The monoisotopic (exact) mass is 378 g/mol. The van der Waals surface area contributed by atoms with Gasteiger partial charge in [0, 0.05) is 37.6 Å². The number of hydrogen-bond acceptors (Lipinski definition) is 5. The first-order valence-corrected chi connectivity index (χ1v) is 9.62. The Bertz CT molecular complexity index is 928. The maximum atomic E-state index is 11.0. The molecule has 0 aliphatic carbocycles. The zero-order valence-electron chi connectivity index (χ0n) is 16.4. The number of hydrogen-bond donors (Lipinski definition) is 1. The molecule has 1 aliphatic heterocycles. The quantitative estimate of drug-likeness (QED) is 0.739. The lowest BCUT2D eigenvalue weighted by atomic mass is 9.87. The van der Waals surface area contributed by atoms with E-state index in [1.165, 1.54) is 0 Å². The Morgan fingerprint density at radius 2 is 1.89 bits per heavy atom. The standard InChI is InChI=1S/C22H26N4O2/c1-17-7-8-21(23-13-17)22(27)9-11-25(12-10-22)15-18-14-24-26(16-18)19-5-3-4-6-20(19)28-2/h3-8,13-14,16,27H,9-12,15H2,1-2H3. The van der Waals surface area contributed by atoms with Crippen molar-refractivity contribution < 1.29 is 9.84 Å². The third-order valence-electron chi connectivity index (χ3n) is 5.45. The Kier molecular flexibility index (Phi) is 5.15. The maximum Gasteiger partial charge on any atom is 0.144 e. The van der Waals surface area contributed by atoms with E-state index in [1.54, 1.807) is 7.11 Å². The summed E-state index contributed by atoms with van der Waals surface area (Å²) < 4.78 is 7.28. The number of aliphatic hydroxyl groups is 1. The van der Waals surface area contributed by atoms with Gasteiger partial charge in [0.25, 0.3) is 0 Å². The Morgan fingerprint density at radius 1 is 1.11 bits per heavy atom. The van der Waals surface area contributed by atoms with Crippen LogP contribution < -0.4 is 4.74 Å². The van der Waals surface area contributed by atoms with Crippen LogP contribution in [0.1, 0.15) is 29.7 Å². The first-order valence-electron chi connectivity index (χ1n) is 9.62. The minimum absolute atomic E-state index is 0.684. The lowest BCUT2D eigenvalue weighted by Gasteiger charge is -2.37. The van der Waals surface area contributed by atoms with Crippen molar-refractivity contribution in [3.63, 3.8) is 0 Å². The van der Waals surface area contributed by atoms with E-state index >= 15 is 0 Å². The Hall–Kier alpha value is -2.70. The summed E-state index contributed by atoms with van der Waals surface area (Å²) in [5.74, 6) is 0.797. The van der Waals surface area contributed by atoms with Crippen LogP contribution in [0, 0.1) is 6.92 Å². The molecule has 6 heteroatoms. The third kappa shape index (κ3) is 3.79. The summed E-state index contributed by atoms with van der Waals surface area (Å²) in [6.45, 7) is 4.47. The second-order valence-corrected chi connectivity index (χ2v) is 7.49. The number of para-hydroxylation sites is 2. The molecule has 0 bridgehead atoms. The number of likely N-dealkylation sites (tertiary alicyclic amines) is 1. The fourth-order valence-corrected chi connectivity index (χ4v) is 3.73. The van der Waals surface area contributed by atoms with Crippen LogP contribution in [0.2, 0.25) is 0 Å². The molecule has 28 heavy (non-hydrogen) atoms. The molecule has 0 unspecified atom stereocenters. The van der Waals surface area contributed by atoms with Gasteiger partial charge in [-0.3, -0.25) is 9.88 Å². The Balaban J connectivity index is 1.40. The molecule has 1 N–H and O–H groups in total. The number of aromatic nitrogens is 3. The lowest BCUT2D eigenvalue weighted by molar-refractivity contribution is -0.0311. The van der Waals surface area contributed by atoms with Crippen LogP contribution in [0.5, 0.6) is 5.75 Å². The Morgan fingerprint density at radius 3 is 2.61 bits per heavy atom. The molecule has 4 rings (SSSR count). The number of piperidine rings is 1. The van der Waals surface area contributed by atoms with Crippen LogP contribution in [0.4, 0.5) is 0 Å². The molecule has 1 aromatic carbocycles. The van der Waals surface area contributed by atoms with Crippen LogP contribution in [-0.4, -0.2) is 45.0 Å². The lowest BCUT2D eigenvalue weighted by Crippen LogP contribution is -2.42. The summed E-state index contributed by atoms with van der Waals surface area (Å²) >= 11 is 0. The molecule has 6 nitrogen and oxygen atoms in total. The van der Waals surface area contributed by atoms with E-state index in [0.29, 0.717) is 12.8 Å². The van der Waals surface area contributed by atoms with Crippen LogP contribution in [0.15, 0.2) is 55.0 Å². The SMILES string of the molecule is COc1ccccc1-n1cc(CN2CCC(O)(c3ccc(C)cn3)CC2)cn1. The fourth-order valence-electron chi connectivity index (χ4n) is 3.73. The summed E-state index contributed by atoms with van der Waals surface area (Å²) in [6, 6.07) is 11.8. The van der Waals surface area contributed by atoms with E-state index in [1.807, 2.05) is 66.6 Å². The van der Waals surface area contributed by atoms with E-state index in [2.05, 4.69) is 15.0 Å². The van der Waals surface area contributed by atoms with Crippen LogP contribution in [-0.2, 0) is 12.1 Å². The summed E-state index contributed by atoms with van der Waals surface area (Å²) in [4.78, 5) is 6.80.